The van der Waals surface area contributed by atoms with Gasteiger partial charge in [0.25, 0.3) is 5.91 Å². The second kappa shape index (κ2) is 8.71. The Hall–Kier alpha value is -2.04. The molecule has 5 heteroatoms. The van der Waals surface area contributed by atoms with Crippen LogP contribution in [0.2, 0.25) is 0 Å². The molecule has 0 bridgehead atoms. The molecule has 0 saturated carbocycles. The Bertz CT molecular complexity index is 565. The molecule has 1 heterocycles. The average molecular weight is 331 g/mol. The summed E-state index contributed by atoms with van der Waals surface area (Å²) in [7, 11) is 0. The number of anilines is 1. The average Bonchev–Trinajstić information content (AvgIpc) is 2.62. The van der Waals surface area contributed by atoms with Gasteiger partial charge in [-0.05, 0) is 38.3 Å². The van der Waals surface area contributed by atoms with Gasteiger partial charge in [-0.25, -0.2) is 0 Å². The van der Waals surface area contributed by atoms with Crippen molar-refractivity contribution in [3.05, 3.63) is 29.8 Å². The second-order valence-corrected chi connectivity index (χ2v) is 6.48. The summed E-state index contributed by atoms with van der Waals surface area (Å²) in [6, 6.07) is 8.19. The highest BCUT2D eigenvalue weighted by molar-refractivity contribution is 6.00. The summed E-state index contributed by atoms with van der Waals surface area (Å²) in [4.78, 5) is 26.3. The van der Waals surface area contributed by atoms with Gasteiger partial charge < -0.3 is 15.5 Å². The maximum atomic E-state index is 12.5. The van der Waals surface area contributed by atoms with Gasteiger partial charge in [0.2, 0.25) is 5.91 Å². The van der Waals surface area contributed by atoms with Gasteiger partial charge in [0.15, 0.2) is 0 Å². The molecule has 1 saturated heterocycles. The third kappa shape index (κ3) is 4.73. The zero-order valence-electron chi connectivity index (χ0n) is 15.0. The number of hydrogen-bond acceptors (Lipinski definition) is 3. The third-order valence-electron chi connectivity index (χ3n) is 4.66. The standard InChI is InChI=1S/C19H29N3O2/c1-4-14(3)20-19(24)16-8-6-7-9-17(16)22-12-10-15(11-13-22)21-18(23)5-2/h6-9,14-15H,4-5,10-13H2,1-3H3,(H,20,24)(H,21,23). The monoisotopic (exact) mass is 331 g/mol. The molecule has 2 amide bonds. The van der Waals surface area contributed by atoms with Gasteiger partial charge in [-0.15, -0.1) is 0 Å². The highest BCUT2D eigenvalue weighted by atomic mass is 16.2. The minimum absolute atomic E-state index is 0.0126. The minimum Gasteiger partial charge on any atom is -0.371 e. The fourth-order valence-corrected chi connectivity index (χ4v) is 2.94. The molecule has 1 atom stereocenters. The van der Waals surface area contributed by atoms with E-state index in [4.69, 9.17) is 0 Å². The Kier molecular flexibility index (Phi) is 6.64. The number of amides is 2. The van der Waals surface area contributed by atoms with Crippen LogP contribution in [0.1, 0.15) is 56.8 Å². The fraction of sp³-hybridized carbons (Fsp3) is 0.579. The first-order valence-corrected chi connectivity index (χ1v) is 8.99. The highest BCUT2D eigenvalue weighted by Crippen LogP contribution is 2.24. The predicted octanol–water partition coefficient (Wildman–Crippen LogP) is 2.71. The summed E-state index contributed by atoms with van der Waals surface area (Å²) in [5.74, 6) is 0.100. The van der Waals surface area contributed by atoms with Crippen molar-refractivity contribution in [2.24, 2.45) is 0 Å². The number of benzene rings is 1. The van der Waals surface area contributed by atoms with Crippen LogP contribution in [-0.4, -0.2) is 37.0 Å². The van der Waals surface area contributed by atoms with Crippen molar-refractivity contribution in [1.82, 2.24) is 10.6 Å². The van der Waals surface area contributed by atoms with Gasteiger partial charge in [0.1, 0.15) is 0 Å². The molecule has 0 spiro atoms. The maximum absolute atomic E-state index is 12.5. The first-order chi connectivity index (χ1) is 11.5. The second-order valence-electron chi connectivity index (χ2n) is 6.48. The van der Waals surface area contributed by atoms with Crippen LogP contribution in [-0.2, 0) is 4.79 Å². The Morgan fingerprint density at radius 2 is 1.88 bits per heavy atom. The van der Waals surface area contributed by atoms with Crippen LogP contribution in [0.15, 0.2) is 24.3 Å². The quantitative estimate of drug-likeness (QED) is 0.842. The van der Waals surface area contributed by atoms with Crippen molar-refractivity contribution in [3.8, 4) is 0 Å². The van der Waals surface area contributed by atoms with Crippen LogP contribution in [0, 0.1) is 0 Å². The number of carbonyl (C=O) groups excluding carboxylic acids is 2. The van der Waals surface area contributed by atoms with Crippen LogP contribution < -0.4 is 15.5 Å². The molecule has 0 aliphatic carbocycles. The Labute approximate surface area is 144 Å². The van der Waals surface area contributed by atoms with E-state index < -0.39 is 0 Å². The molecule has 2 rings (SSSR count). The summed E-state index contributed by atoms with van der Waals surface area (Å²) in [5.41, 5.74) is 1.72. The molecule has 1 aromatic carbocycles. The molecule has 1 aromatic rings. The third-order valence-corrected chi connectivity index (χ3v) is 4.66. The lowest BCUT2D eigenvalue weighted by Crippen LogP contribution is -2.45. The van der Waals surface area contributed by atoms with Gasteiger partial charge in [0, 0.05) is 37.3 Å². The molecular formula is C19H29N3O2. The molecule has 0 aromatic heterocycles. The van der Waals surface area contributed by atoms with E-state index in [1.165, 1.54) is 0 Å². The van der Waals surface area contributed by atoms with E-state index in [1.54, 1.807) is 0 Å². The topological polar surface area (TPSA) is 61.4 Å². The van der Waals surface area contributed by atoms with Gasteiger partial charge in [0.05, 0.1) is 5.56 Å². The number of rotatable bonds is 6. The normalized spacial score (nSPS) is 16.5. The molecule has 0 radical (unpaired) electrons. The number of piperidine rings is 1. The van der Waals surface area contributed by atoms with Crippen molar-refractivity contribution in [3.63, 3.8) is 0 Å². The summed E-state index contributed by atoms with van der Waals surface area (Å²) >= 11 is 0. The van der Waals surface area contributed by atoms with E-state index in [0.29, 0.717) is 6.42 Å². The lowest BCUT2D eigenvalue weighted by Gasteiger charge is -2.35. The van der Waals surface area contributed by atoms with Gasteiger partial charge in [-0.1, -0.05) is 26.0 Å². The largest absolute Gasteiger partial charge is 0.371 e. The summed E-state index contributed by atoms with van der Waals surface area (Å²) in [5, 5.41) is 6.11. The zero-order chi connectivity index (χ0) is 17.5. The molecule has 2 N–H and O–H groups in total. The molecular weight excluding hydrogens is 302 g/mol. The minimum atomic E-state index is -0.0126. The van der Waals surface area contributed by atoms with Crippen LogP contribution in [0.4, 0.5) is 5.69 Å². The van der Waals surface area contributed by atoms with Crippen molar-refractivity contribution >= 4 is 17.5 Å². The number of para-hydroxylation sites is 1. The molecule has 1 fully saturated rings. The van der Waals surface area contributed by atoms with Crippen molar-refractivity contribution in [2.45, 2.75) is 58.5 Å². The van der Waals surface area contributed by atoms with Crippen molar-refractivity contribution < 1.29 is 9.59 Å². The lowest BCUT2D eigenvalue weighted by molar-refractivity contribution is -0.121. The molecule has 24 heavy (non-hydrogen) atoms. The highest BCUT2D eigenvalue weighted by Gasteiger charge is 2.23. The van der Waals surface area contributed by atoms with E-state index in [-0.39, 0.29) is 23.9 Å². The van der Waals surface area contributed by atoms with Crippen LogP contribution in [0.25, 0.3) is 0 Å². The van der Waals surface area contributed by atoms with E-state index in [9.17, 15) is 9.59 Å². The molecule has 132 valence electrons. The van der Waals surface area contributed by atoms with Gasteiger partial charge >= 0.3 is 0 Å². The summed E-state index contributed by atoms with van der Waals surface area (Å²) in [6.07, 6.45) is 3.26. The van der Waals surface area contributed by atoms with E-state index in [0.717, 1.165) is 43.6 Å². The van der Waals surface area contributed by atoms with Crippen LogP contribution >= 0.6 is 0 Å². The van der Waals surface area contributed by atoms with E-state index in [2.05, 4.69) is 22.5 Å². The lowest BCUT2D eigenvalue weighted by atomic mass is 10.0. The van der Waals surface area contributed by atoms with Crippen molar-refractivity contribution in [1.29, 1.82) is 0 Å². The van der Waals surface area contributed by atoms with E-state index >= 15 is 0 Å². The van der Waals surface area contributed by atoms with Crippen LogP contribution in [0.5, 0.6) is 0 Å². The van der Waals surface area contributed by atoms with E-state index in [1.807, 2.05) is 38.1 Å². The first-order valence-electron chi connectivity index (χ1n) is 8.99. The summed E-state index contributed by atoms with van der Waals surface area (Å²) in [6.45, 7) is 7.65. The van der Waals surface area contributed by atoms with Crippen molar-refractivity contribution in [2.75, 3.05) is 18.0 Å². The Morgan fingerprint density at radius 1 is 1.21 bits per heavy atom. The number of nitrogens with one attached hydrogen (secondary N) is 2. The smallest absolute Gasteiger partial charge is 0.253 e. The Balaban J connectivity index is 2.03. The zero-order valence-corrected chi connectivity index (χ0v) is 15.0. The first kappa shape index (κ1) is 18.3. The fourth-order valence-electron chi connectivity index (χ4n) is 2.94. The number of carbonyl (C=O) groups is 2. The van der Waals surface area contributed by atoms with Gasteiger partial charge in [-0.2, -0.15) is 0 Å². The van der Waals surface area contributed by atoms with Gasteiger partial charge in [-0.3, -0.25) is 9.59 Å². The predicted molar refractivity (Wildman–Crippen MR) is 97.3 cm³/mol. The summed E-state index contributed by atoms with van der Waals surface area (Å²) < 4.78 is 0. The maximum Gasteiger partial charge on any atom is 0.253 e. The number of nitrogens with zero attached hydrogens (tertiary/aromatic N) is 1. The number of hydrogen-bond donors (Lipinski definition) is 2. The molecule has 5 nitrogen and oxygen atoms in total. The SMILES string of the molecule is CCC(=O)NC1CCN(c2ccccc2C(=O)NC(C)CC)CC1. The Morgan fingerprint density at radius 3 is 2.50 bits per heavy atom. The molecule has 1 aliphatic heterocycles. The van der Waals surface area contributed by atoms with Crippen LogP contribution in [0.3, 0.4) is 0 Å². The molecule has 1 aliphatic rings. The molecule has 1 unspecified atom stereocenters.